The molecule has 0 radical (unpaired) electrons. The van der Waals surface area contributed by atoms with Crippen molar-refractivity contribution in [1.82, 2.24) is 9.97 Å². The van der Waals surface area contributed by atoms with E-state index in [4.69, 9.17) is 0 Å². The predicted octanol–water partition coefficient (Wildman–Crippen LogP) is 3.24. The Morgan fingerprint density at radius 3 is 2.39 bits per heavy atom. The third-order valence-electron chi connectivity index (χ3n) is 2.87. The molecule has 3 rings (SSSR count). The first kappa shape index (κ1) is 10.6. The second-order valence-corrected chi connectivity index (χ2v) is 4.08. The van der Waals surface area contributed by atoms with E-state index in [1.165, 1.54) is 0 Å². The molecule has 88 valence electrons. The third-order valence-corrected chi connectivity index (χ3v) is 2.87. The number of nitrogens with one attached hydrogen (secondary N) is 2. The van der Waals surface area contributed by atoms with E-state index in [0.29, 0.717) is 11.1 Å². The Hall–Kier alpha value is -2.55. The highest BCUT2D eigenvalue weighted by Crippen LogP contribution is 2.18. The Balaban J connectivity index is 1.93. The van der Waals surface area contributed by atoms with E-state index in [0.717, 1.165) is 11.4 Å². The first-order valence-corrected chi connectivity index (χ1v) is 5.76. The molecule has 0 amide bonds. The summed E-state index contributed by atoms with van der Waals surface area (Å²) >= 11 is 0. The van der Waals surface area contributed by atoms with Gasteiger partial charge in [0.1, 0.15) is 0 Å². The smallest absolute Gasteiger partial charge is 0.194 e. The van der Waals surface area contributed by atoms with E-state index in [1.807, 2.05) is 54.7 Å². The summed E-state index contributed by atoms with van der Waals surface area (Å²) in [5, 5.41) is 0. The number of H-pyrrole nitrogens is 2. The maximum absolute atomic E-state index is 12.2. The van der Waals surface area contributed by atoms with Crippen molar-refractivity contribution >= 4 is 5.78 Å². The molecule has 0 fully saturated rings. The minimum atomic E-state index is 0.0321. The number of carbonyl (C=O) groups excluding carboxylic acids is 1. The zero-order chi connectivity index (χ0) is 12.4. The molecule has 0 unspecified atom stereocenters. The highest BCUT2D eigenvalue weighted by Gasteiger charge is 2.11. The van der Waals surface area contributed by atoms with Gasteiger partial charge in [-0.2, -0.15) is 0 Å². The molecule has 0 aliphatic heterocycles. The highest BCUT2D eigenvalue weighted by atomic mass is 16.1. The first-order chi connectivity index (χ1) is 8.84. The van der Waals surface area contributed by atoms with Gasteiger partial charge in [-0.1, -0.05) is 30.3 Å². The summed E-state index contributed by atoms with van der Waals surface area (Å²) in [5.74, 6) is 0.0321. The van der Waals surface area contributed by atoms with Crippen LogP contribution in [0.2, 0.25) is 0 Å². The maximum Gasteiger partial charge on any atom is 0.194 e. The van der Waals surface area contributed by atoms with Gasteiger partial charge in [0.25, 0.3) is 0 Å². The molecule has 2 aromatic heterocycles. The second-order valence-electron chi connectivity index (χ2n) is 4.08. The summed E-state index contributed by atoms with van der Waals surface area (Å²) in [6, 6.07) is 15.0. The van der Waals surface area contributed by atoms with E-state index in [1.54, 1.807) is 6.20 Å². The van der Waals surface area contributed by atoms with Gasteiger partial charge in [0, 0.05) is 23.5 Å². The zero-order valence-electron chi connectivity index (χ0n) is 9.68. The minimum absolute atomic E-state index is 0.0321. The number of benzene rings is 1. The lowest BCUT2D eigenvalue weighted by molar-refractivity contribution is 0.103. The largest absolute Gasteiger partial charge is 0.360 e. The molecule has 3 nitrogen and oxygen atoms in total. The van der Waals surface area contributed by atoms with Crippen LogP contribution >= 0.6 is 0 Å². The number of rotatable bonds is 3. The average Bonchev–Trinajstić information content (AvgIpc) is 3.09. The van der Waals surface area contributed by atoms with Crippen molar-refractivity contribution in [2.45, 2.75) is 0 Å². The molecule has 0 atom stereocenters. The Labute approximate surface area is 104 Å². The summed E-state index contributed by atoms with van der Waals surface area (Å²) < 4.78 is 0. The van der Waals surface area contributed by atoms with Crippen LogP contribution in [0.1, 0.15) is 15.9 Å². The highest BCUT2D eigenvalue weighted by molar-refractivity contribution is 6.09. The molecule has 2 heterocycles. The van der Waals surface area contributed by atoms with Crippen LogP contribution in [-0.4, -0.2) is 15.8 Å². The molecule has 3 aromatic rings. The lowest BCUT2D eigenvalue weighted by Gasteiger charge is -1.96. The SMILES string of the molecule is O=C(c1ccccc1)c1c[nH]c(-c2ccc[nH]2)c1. The van der Waals surface area contributed by atoms with Gasteiger partial charge in [-0.05, 0) is 18.2 Å². The van der Waals surface area contributed by atoms with Crippen molar-refractivity contribution in [3.05, 3.63) is 72.1 Å². The van der Waals surface area contributed by atoms with E-state index in [9.17, 15) is 4.79 Å². The van der Waals surface area contributed by atoms with Gasteiger partial charge in [-0.15, -0.1) is 0 Å². The molecule has 2 N–H and O–H groups in total. The van der Waals surface area contributed by atoms with Crippen LogP contribution in [0.25, 0.3) is 11.4 Å². The Morgan fingerprint density at radius 2 is 1.67 bits per heavy atom. The summed E-state index contributed by atoms with van der Waals surface area (Å²) in [6.07, 6.45) is 3.60. The van der Waals surface area contributed by atoms with Gasteiger partial charge in [0.05, 0.1) is 11.4 Å². The number of ketones is 1. The van der Waals surface area contributed by atoms with E-state index >= 15 is 0 Å². The number of hydrogen-bond acceptors (Lipinski definition) is 1. The molecule has 0 saturated carbocycles. The van der Waals surface area contributed by atoms with Crippen LogP contribution in [-0.2, 0) is 0 Å². The van der Waals surface area contributed by atoms with Crippen LogP contribution in [0.3, 0.4) is 0 Å². The van der Waals surface area contributed by atoms with Crippen molar-refractivity contribution in [1.29, 1.82) is 0 Å². The third kappa shape index (κ3) is 1.86. The standard InChI is InChI=1S/C15H12N2O/c18-15(11-5-2-1-3-6-11)12-9-14(17-10-12)13-7-4-8-16-13/h1-10,16-17H. The molecule has 0 saturated heterocycles. The van der Waals surface area contributed by atoms with E-state index in [2.05, 4.69) is 9.97 Å². The molecule has 0 aliphatic rings. The fourth-order valence-electron chi connectivity index (χ4n) is 1.94. The quantitative estimate of drug-likeness (QED) is 0.674. The number of aromatic nitrogens is 2. The van der Waals surface area contributed by atoms with Crippen molar-refractivity contribution in [2.24, 2.45) is 0 Å². The summed E-state index contributed by atoms with van der Waals surface area (Å²) in [7, 11) is 0. The predicted molar refractivity (Wildman–Crippen MR) is 70.5 cm³/mol. The Morgan fingerprint density at radius 1 is 0.833 bits per heavy atom. The normalized spacial score (nSPS) is 10.4. The molecule has 18 heavy (non-hydrogen) atoms. The zero-order valence-corrected chi connectivity index (χ0v) is 9.68. The molecule has 1 aromatic carbocycles. The Kier molecular flexibility index (Phi) is 2.57. The fraction of sp³-hybridized carbons (Fsp3) is 0. The lowest BCUT2D eigenvalue weighted by Crippen LogP contribution is -1.98. The average molecular weight is 236 g/mol. The molecule has 0 bridgehead atoms. The number of aromatic amines is 2. The molecule has 3 heteroatoms. The first-order valence-electron chi connectivity index (χ1n) is 5.76. The van der Waals surface area contributed by atoms with Gasteiger partial charge in [0.15, 0.2) is 5.78 Å². The van der Waals surface area contributed by atoms with Crippen LogP contribution in [0.4, 0.5) is 0 Å². The summed E-state index contributed by atoms with van der Waals surface area (Å²) in [4.78, 5) is 18.4. The van der Waals surface area contributed by atoms with Gasteiger partial charge in [-0.3, -0.25) is 4.79 Å². The summed E-state index contributed by atoms with van der Waals surface area (Å²) in [5.41, 5.74) is 3.27. The molecule has 0 aliphatic carbocycles. The second kappa shape index (κ2) is 4.37. The van der Waals surface area contributed by atoms with Gasteiger partial charge < -0.3 is 9.97 Å². The Bertz CT molecular complexity index is 651. The van der Waals surface area contributed by atoms with Crippen molar-refractivity contribution in [2.75, 3.05) is 0 Å². The van der Waals surface area contributed by atoms with Gasteiger partial charge in [0.2, 0.25) is 0 Å². The van der Waals surface area contributed by atoms with Crippen LogP contribution in [0.15, 0.2) is 60.9 Å². The topological polar surface area (TPSA) is 48.6 Å². The minimum Gasteiger partial charge on any atom is -0.360 e. The van der Waals surface area contributed by atoms with Gasteiger partial charge >= 0.3 is 0 Å². The van der Waals surface area contributed by atoms with Crippen LogP contribution in [0, 0.1) is 0 Å². The lowest BCUT2D eigenvalue weighted by atomic mass is 10.1. The summed E-state index contributed by atoms with van der Waals surface area (Å²) in [6.45, 7) is 0. The van der Waals surface area contributed by atoms with Gasteiger partial charge in [-0.25, -0.2) is 0 Å². The van der Waals surface area contributed by atoms with Crippen LogP contribution < -0.4 is 0 Å². The van der Waals surface area contributed by atoms with Crippen molar-refractivity contribution < 1.29 is 4.79 Å². The van der Waals surface area contributed by atoms with E-state index < -0.39 is 0 Å². The maximum atomic E-state index is 12.2. The fourth-order valence-corrected chi connectivity index (χ4v) is 1.94. The molecule has 0 spiro atoms. The van der Waals surface area contributed by atoms with Crippen molar-refractivity contribution in [3.8, 4) is 11.4 Å². The molecular formula is C15H12N2O. The number of hydrogen-bond donors (Lipinski definition) is 2. The van der Waals surface area contributed by atoms with Crippen molar-refractivity contribution in [3.63, 3.8) is 0 Å². The monoisotopic (exact) mass is 236 g/mol. The molecular weight excluding hydrogens is 224 g/mol. The number of carbonyl (C=O) groups is 1. The van der Waals surface area contributed by atoms with E-state index in [-0.39, 0.29) is 5.78 Å². The van der Waals surface area contributed by atoms with Crippen LogP contribution in [0.5, 0.6) is 0 Å².